The Kier molecular flexibility index (Phi) is 7.82. The van der Waals surface area contributed by atoms with Gasteiger partial charge in [-0.2, -0.15) is 0 Å². The molecule has 0 bridgehead atoms. The van der Waals surface area contributed by atoms with Gasteiger partial charge in [-0.05, 0) is 31.5 Å². The average molecular weight is 361 g/mol. The molecule has 1 aromatic carbocycles. The van der Waals surface area contributed by atoms with Crippen LogP contribution in [0.2, 0.25) is 10.0 Å². The Balaban J connectivity index is 2.49. The van der Waals surface area contributed by atoms with Crippen LogP contribution < -0.4 is 10.2 Å². The van der Waals surface area contributed by atoms with Crippen molar-refractivity contribution in [2.75, 3.05) is 27.2 Å². The number of halogens is 2. The minimum Gasteiger partial charge on any atom is -0.349 e. The van der Waals surface area contributed by atoms with E-state index in [9.17, 15) is 9.59 Å². The summed E-state index contributed by atoms with van der Waals surface area (Å²) in [5.41, 5.74) is 0.908. The van der Waals surface area contributed by atoms with Crippen molar-refractivity contribution in [2.45, 2.75) is 26.4 Å². The number of quaternary nitrogens is 1. The zero-order chi connectivity index (χ0) is 17.6. The van der Waals surface area contributed by atoms with Crippen LogP contribution in [0.4, 0.5) is 0 Å². The summed E-state index contributed by atoms with van der Waals surface area (Å²) >= 11 is 11.9. The quantitative estimate of drug-likeness (QED) is 0.761. The van der Waals surface area contributed by atoms with Gasteiger partial charge in [-0.3, -0.25) is 9.59 Å². The van der Waals surface area contributed by atoms with Crippen LogP contribution in [0.3, 0.4) is 0 Å². The Labute approximate surface area is 147 Å². The zero-order valence-electron chi connectivity index (χ0n) is 14.0. The van der Waals surface area contributed by atoms with Crippen LogP contribution in [0.5, 0.6) is 0 Å². The molecule has 5 nitrogen and oxygen atoms in total. The number of benzene rings is 1. The van der Waals surface area contributed by atoms with Gasteiger partial charge in [0.2, 0.25) is 0 Å². The molecular weight excluding hydrogens is 337 g/mol. The molecule has 128 valence electrons. The molecule has 0 aromatic heterocycles. The number of hydrogen-bond donors (Lipinski definition) is 2. The Hall–Kier alpha value is -1.30. The second kappa shape index (κ2) is 9.11. The lowest BCUT2D eigenvalue weighted by atomic mass is 10.2. The van der Waals surface area contributed by atoms with Gasteiger partial charge in [0.25, 0.3) is 11.8 Å². The summed E-state index contributed by atoms with van der Waals surface area (Å²) in [6, 6.07) is 5.40. The highest BCUT2D eigenvalue weighted by atomic mass is 35.5. The molecule has 1 rings (SSSR count). The van der Waals surface area contributed by atoms with Crippen molar-refractivity contribution in [2.24, 2.45) is 0 Å². The fraction of sp³-hybridized carbons (Fsp3) is 0.500. The monoisotopic (exact) mass is 360 g/mol. The van der Waals surface area contributed by atoms with E-state index in [1.54, 1.807) is 24.1 Å². The van der Waals surface area contributed by atoms with E-state index in [1.165, 1.54) is 0 Å². The molecule has 0 radical (unpaired) electrons. The molecule has 0 spiro atoms. The topological polar surface area (TPSA) is 53.9 Å². The van der Waals surface area contributed by atoms with Gasteiger partial charge in [-0.25, -0.2) is 0 Å². The first-order valence-electron chi connectivity index (χ1n) is 7.47. The molecule has 0 fully saturated rings. The van der Waals surface area contributed by atoms with Crippen molar-refractivity contribution in [1.29, 1.82) is 0 Å². The summed E-state index contributed by atoms with van der Waals surface area (Å²) in [5.74, 6) is -0.0941. The minimum atomic E-state index is -0.0579. The van der Waals surface area contributed by atoms with Crippen LogP contribution in [-0.2, 0) is 16.1 Å². The molecule has 0 saturated heterocycles. The second-order valence-electron chi connectivity index (χ2n) is 6.03. The lowest BCUT2D eigenvalue weighted by Crippen LogP contribution is -3.11. The first kappa shape index (κ1) is 19.7. The van der Waals surface area contributed by atoms with Crippen LogP contribution in [0, 0.1) is 0 Å². The molecule has 1 unspecified atom stereocenters. The number of carbonyl (C=O) groups excluding carboxylic acids is 2. The number of amides is 2. The lowest BCUT2D eigenvalue weighted by Gasteiger charge is -2.20. The van der Waals surface area contributed by atoms with Gasteiger partial charge in [0.15, 0.2) is 13.1 Å². The third-order valence-corrected chi connectivity index (χ3v) is 3.93. The molecule has 23 heavy (non-hydrogen) atoms. The van der Waals surface area contributed by atoms with Crippen molar-refractivity contribution in [1.82, 2.24) is 10.2 Å². The lowest BCUT2D eigenvalue weighted by molar-refractivity contribution is -0.863. The highest BCUT2D eigenvalue weighted by molar-refractivity contribution is 6.42. The third-order valence-electron chi connectivity index (χ3n) is 3.19. The number of nitrogens with one attached hydrogen (secondary N) is 2. The summed E-state index contributed by atoms with van der Waals surface area (Å²) in [7, 11) is 3.55. The summed E-state index contributed by atoms with van der Waals surface area (Å²) < 4.78 is 0. The third kappa shape index (κ3) is 7.20. The minimum absolute atomic E-state index is 0.0362. The van der Waals surface area contributed by atoms with Gasteiger partial charge in [-0.1, -0.05) is 29.3 Å². The largest absolute Gasteiger partial charge is 0.349 e. The first-order chi connectivity index (χ1) is 10.7. The van der Waals surface area contributed by atoms with Crippen LogP contribution in [0.1, 0.15) is 19.4 Å². The molecule has 1 aromatic rings. The van der Waals surface area contributed by atoms with Gasteiger partial charge < -0.3 is 15.1 Å². The summed E-state index contributed by atoms with van der Waals surface area (Å²) in [4.78, 5) is 26.4. The molecule has 2 amide bonds. The fourth-order valence-electron chi connectivity index (χ4n) is 2.10. The maximum absolute atomic E-state index is 12.2. The van der Waals surface area contributed by atoms with Crippen LogP contribution >= 0.6 is 23.2 Å². The maximum atomic E-state index is 12.2. The van der Waals surface area contributed by atoms with Crippen molar-refractivity contribution >= 4 is 35.0 Å². The first-order valence-corrected chi connectivity index (χ1v) is 8.23. The zero-order valence-corrected chi connectivity index (χ0v) is 15.5. The Morgan fingerprint density at radius 2 is 1.87 bits per heavy atom. The molecule has 0 aliphatic heterocycles. The number of likely N-dealkylation sites (N-methyl/N-ethyl adjacent to an activating group) is 2. The number of rotatable bonds is 7. The normalized spacial score (nSPS) is 12.1. The summed E-state index contributed by atoms with van der Waals surface area (Å²) in [6.45, 7) is 4.78. The van der Waals surface area contributed by atoms with Crippen molar-refractivity contribution in [3.8, 4) is 0 Å². The number of carbonyl (C=O) groups is 2. The molecule has 0 aliphatic carbocycles. The van der Waals surface area contributed by atoms with Gasteiger partial charge in [0.1, 0.15) is 0 Å². The molecule has 0 aliphatic rings. The van der Waals surface area contributed by atoms with E-state index in [0.29, 0.717) is 16.6 Å². The van der Waals surface area contributed by atoms with Crippen molar-refractivity contribution in [3.05, 3.63) is 33.8 Å². The van der Waals surface area contributed by atoms with E-state index in [0.717, 1.165) is 10.5 Å². The smallest absolute Gasteiger partial charge is 0.277 e. The molecular formula is C16H24Cl2N3O2+. The van der Waals surface area contributed by atoms with Gasteiger partial charge in [-0.15, -0.1) is 0 Å². The van der Waals surface area contributed by atoms with Gasteiger partial charge >= 0.3 is 0 Å². The fourth-order valence-corrected chi connectivity index (χ4v) is 2.42. The van der Waals surface area contributed by atoms with Crippen LogP contribution in [-0.4, -0.2) is 49.9 Å². The Morgan fingerprint density at radius 1 is 1.22 bits per heavy atom. The van der Waals surface area contributed by atoms with Crippen LogP contribution in [0.25, 0.3) is 0 Å². The molecule has 2 N–H and O–H groups in total. The highest BCUT2D eigenvalue weighted by Crippen LogP contribution is 2.23. The van der Waals surface area contributed by atoms with Crippen molar-refractivity contribution < 1.29 is 14.5 Å². The van der Waals surface area contributed by atoms with E-state index < -0.39 is 0 Å². The van der Waals surface area contributed by atoms with Crippen LogP contribution in [0.15, 0.2) is 18.2 Å². The predicted octanol–water partition coefficient (Wildman–Crippen LogP) is 0.991. The van der Waals surface area contributed by atoms with E-state index in [1.807, 2.05) is 27.0 Å². The van der Waals surface area contributed by atoms with Gasteiger partial charge in [0.05, 0.1) is 17.1 Å². The highest BCUT2D eigenvalue weighted by Gasteiger charge is 2.18. The molecule has 0 saturated carbocycles. The number of nitrogens with zero attached hydrogens (tertiary/aromatic N) is 1. The second-order valence-corrected chi connectivity index (χ2v) is 6.85. The average Bonchev–Trinajstić information content (AvgIpc) is 2.41. The molecule has 1 atom stereocenters. The summed E-state index contributed by atoms with van der Waals surface area (Å²) in [6.07, 6.45) is 0. The number of hydrogen-bond acceptors (Lipinski definition) is 2. The standard InChI is InChI=1S/C16H23Cl2N3O2/c1-11(2)19-15(22)9-20(3)10-16(23)21(4)8-12-5-6-13(17)14(18)7-12/h5-7,11H,8-10H2,1-4H3,(H,19,22)/p+1. The predicted molar refractivity (Wildman–Crippen MR) is 92.8 cm³/mol. The Morgan fingerprint density at radius 3 is 2.43 bits per heavy atom. The van der Waals surface area contributed by atoms with Gasteiger partial charge in [0, 0.05) is 19.6 Å². The molecule has 7 heteroatoms. The molecule has 0 heterocycles. The SMILES string of the molecule is CC(C)NC(=O)C[NH+](C)CC(=O)N(C)Cc1ccc(Cl)c(Cl)c1. The summed E-state index contributed by atoms with van der Waals surface area (Å²) in [5, 5.41) is 3.78. The van der Waals surface area contributed by atoms with E-state index in [4.69, 9.17) is 23.2 Å². The van der Waals surface area contributed by atoms with E-state index in [-0.39, 0.29) is 30.9 Å². The van der Waals surface area contributed by atoms with E-state index in [2.05, 4.69) is 5.32 Å². The van der Waals surface area contributed by atoms with Crippen molar-refractivity contribution in [3.63, 3.8) is 0 Å². The maximum Gasteiger partial charge on any atom is 0.277 e. The Bertz CT molecular complexity index is 564. The van der Waals surface area contributed by atoms with E-state index >= 15 is 0 Å².